The summed E-state index contributed by atoms with van der Waals surface area (Å²) in [5.74, 6) is 0.979. The Balaban J connectivity index is 1.61. The average Bonchev–Trinajstić information content (AvgIpc) is 3.13. The molecule has 0 unspecified atom stereocenters. The number of fused-ring (bicyclic) bond motifs is 1. The molecule has 0 spiro atoms. The normalized spacial score (nSPS) is 14.3. The number of aromatic nitrogens is 2. The van der Waals surface area contributed by atoms with Crippen molar-refractivity contribution < 1.29 is 21.9 Å². The average molecular weight is 581 g/mol. The zero-order chi connectivity index (χ0) is 28.2. The van der Waals surface area contributed by atoms with Crippen LogP contribution in [0.4, 0.5) is 31.9 Å². The molecular weight excluding hydrogens is 550 g/mol. The van der Waals surface area contributed by atoms with E-state index in [1.54, 1.807) is 25.3 Å². The van der Waals surface area contributed by atoms with Crippen molar-refractivity contribution in [3.8, 4) is 5.75 Å². The molecule has 0 bridgehead atoms. The lowest BCUT2D eigenvalue weighted by molar-refractivity contribution is 0.144. The maximum atomic E-state index is 13.3. The molecule has 1 aliphatic rings. The van der Waals surface area contributed by atoms with Crippen molar-refractivity contribution in [1.29, 1.82) is 0 Å². The largest absolute Gasteiger partial charge is 0.495 e. The number of para-hydroxylation sites is 1. The number of hydrogen-bond acceptors (Lipinski definition) is 8. The van der Waals surface area contributed by atoms with Gasteiger partial charge in [0, 0.05) is 27.2 Å². The van der Waals surface area contributed by atoms with Gasteiger partial charge >= 0.3 is 0 Å². The van der Waals surface area contributed by atoms with Crippen LogP contribution in [-0.4, -0.2) is 81.3 Å². The van der Waals surface area contributed by atoms with Crippen LogP contribution in [-0.2, 0) is 22.9 Å². The van der Waals surface area contributed by atoms with E-state index in [-0.39, 0.29) is 21.7 Å². The van der Waals surface area contributed by atoms with E-state index < -0.39 is 29.4 Å². The number of alkyl halides is 2. The Bertz CT molecular complexity index is 1420. The number of hydrogen-bond donors (Lipinski definition) is 2. The van der Waals surface area contributed by atoms with Crippen LogP contribution < -0.4 is 15.4 Å². The predicted octanol–water partition coefficient (Wildman–Crippen LogP) is 4.58. The molecule has 0 amide bonds. The molecule has 39 heavy (non-hydrogen) atoms. The van der Waals surface area contributed by atoms with Crippen LogP contribution in [0, 0.1) is 0 Å². The molecule has 4 rings (SSSR count). The van der Waals surface area contributed by atoms with Gasteiger partial charge in [-0.2, -0.15) is 4.98 Å². The third-order valence-corrected chi connectivity index (χ3v) is 8.77. The molecule has 0 atom stereocenters. The quantitative estimate of drug-likeness (QED) is 0.359. The summed E-state index contributed by atoms with van der Waals surface area (Å²) >= 11 is 6.35. The monoisotopic (exact) mass is 580 g/mol. The maximum absolute atomic E-state index is 13.3. The lowest BCUT2D eigenvalue weighted by Crippen LogP contribution is -2.40. The molecule has 2 heterocycles. The van der Waals surface area contributed by atoms with Crippen molar-refractivity contribution in [2.45, 2.75) is 23.8 Å². The highest BCUT2D eigenvalue weighted by Gasteiger charge is 2.24. The topological polar surface area (TPSA) is 99.7 Å². The van der Waals surface area contributed by atoms with E-state index in [4.69, 9.17) is 16.3 Å². The van der Waals surface area contributed by atoms with Gasteiger partial charge < -0.3 is 15.4 Å². The fourth-order valence-corrected chi connectivity index (χ4v) is 5.57. The van der Waals surface area contributed by atoms with Gasteiger partial charge in [-0.1, -0.05) is 23.7 Å². The lowest BCUT2D eigenvalue weighted by atomic mass is 10.0. The van der Waals surface area contributed by atoms with Crippen LogP contribution >= 0.6 is 11.6 Å². The number of methoxy groups -OCH3 is 1. The summed E-state index contributed by atoms with van der Waals surface area (Å²) < 4.78 is 58.9. The van der Waals surface area contributed by atoms with Gasteiger partial charge in [0.1, 0.15) is 29.0 Å². The van der Waals surface area contributed by atoms with E-state index in [1.807, 2.05) is 17.0 Å². The molecule has 2 N–H and O–H groups in total. The molecule has 210 valence electrons. The Morgan fingerprint density at radius 3 is 2.38 bits per heavy atom. The molecule has 0 fully saturated rings. The lowest BCUT2D eigenvalue weighted by Gasteiger charge is -2.25. The highest BCUT2D eigenvalue weighted by atomic mass is 35.5. The fraction of sp³-hybridized carbons (Fsp3) is 0.385. The van der Waals surface area contributed by atoms with E-state index in [0.717, 1.165) is 15.4 Å². The van der Waals surface area contributed by atoms with Crippen LogP contribution in [0.5, 0.6) is 5.75 Å². The number of nitrogens with one attached hydrogen (secondary N) is 2. The fourth-order valence-electron chi connectivity index (χ4n) is 4.39. The second-order valence-corrected chi connectivity index (χ2v) is 11.8. The zero-order valence-electron chi connectivity index (χ0n) is 21.9. The Hall–Kier alpha value is -3.06. The third-order valence-electron chi connectivity index (χ3n) is 6.62. The van der Waals surface area contributed by atoms with Gasteiger partial charge in [-0.25, -0.2) is 26.5 Å². The smallest absolute Gasteiger partial charge is 0.244 e. The Morgan fingerprint density at radius 2 is 1.74 bits per heavy atom. The first-order valence-electron chi connectivity index (χ1n) is 12.3. The van der Waals surface area contributed by atoms with Gasteiger partial charge in [0.2, 0.25) is 16.0 Å². The predicted molar refractivity (Wildman–Crippen MR) is 149 cm³/mol. The molecule has 1 aromatic heterocycles. The number of rotatable bonds is 10. The van der Waals surface area contributed by atoms with Crippen LogP contribution in [0.2, 0.25) is 5.02 Å². The Morgan fingerprint density at radius 1 is 1.08 bits per heavy atom. The maximum Gasteiger partial charge on any atom is 0.244 e. The summed E-state index contributed by atoms with van der Waals surface area (Å²) in [5, 5.41) is 6.37. The molecule has 0 saturated carbocycles. The summed E-state index contributed by atoms with van der Waals surface area (Å²) in [6.07, 6.45) is 2.67. The van der Waals surface area contributed by atoms with E-state index in [1.165, 1.54) is 26.4 Å². The number of nitrogens with zero attached hydrogens (tertiary/aromatic N) is 4. The van der Waals surface area contributed by atoms with Gasteiger partial charge in [-0.3, -0.25) is 4.90 Å². The minimum atomic E-state index is -3.73. The van der Waals surface area contributed by atoms with Crippen molar-refractivity contribution in [2.24, 2.45) is 0 Å². The second kappa shape index (κ2) is 12.4. The number of ether oxygens (including phenoxy) is 1. The number of sulfonamides is 1. The standard InChI is InChI=1S/C26H31ClF2N6O3S/c1-34(2)39(36,37)24-7-5-4-6-21(24)31-25-20(27)16-30-26(33-25)32-22-12-17-8-10-35(19(14-28)15-29)11-9-18(17)13-23(22)38-3/h4-7,12-13,16,19H,8-11,14-15H2,1-3H3,(H2,30,31,32,33). The Labute approximate surface area is 232 Å². The molecule has 0 saturated heterocycles. The third kappa shape index (κ3) is 6.40. The van der Waals surface area contributed by atoms with Crippen molar-refractivity contribution >= 4 is 44.8 Å². The van der Waals surface area contributed by atoms with E-state index in [9.17, 15) is 17.2 Å². The molecular formula is C26H31ClF2N6O3S. The second-order valence-electron chi connectivity index (χ2n) is 9.24. The summed E-state index contributed by atoms with van der Waals surface area (Å²) in [6, 6.07) is 9.57. The molecule has 2 aromatic carbocycles. The van der Waals surface area contributed by atoms with Crippen molar-refractivity contribution in [3.05, 3.63) is 58.7 Å². The van der Waals surface area contributed by atoms with Crippen LogP contribution in [0.15, 0.2) is 47.5 Å². The molecule has 1 aliphatic heterocycles. The molecule has 13 heteroatoms. The van der Waals surface area contributed by atoms with Crippen molar-refractivity contribution in [3.63, 3.8) is 0 Å². The number of anilines is 4. The first-order chi connectivity index (χ1) is 18.7. The summed E-state index contributed by atoms with van der Waals surface area (Å²) in [5.41, 5.74) is 3.01. The summed E-state index contributed by atoms with van der Waals surface area (Å²) in [4.78, 5) is 10.7. The van der Waals surface area contributed by atoms with Gasteiger partial charge in [-0.05, 0) is 48.2 Å². The number of benzene rings is 2. The van der Waals surface area contributed by atoms with Crippen LogP contribution in [0.1, 0.15) is 11.1 Å². The van der Waals surface area contributed by atoms with E-state index >= 15 is 0 Å². The van der Waals surface area contributed by atoms with Crippen molar-refractivity contribution in [2.75, 3.05) is 58.3 Å². The molecule has 0 radical (unpaired) electrons. The van der Waals surface area contributed by atoms with Gasteiger partial charge in [0.05, 0.1) is 30.7 Å². The van der Waals surface area contributed by atoms with Crippen LogP contribution in [0.3, 0.4) is 0 Å². The highest BCUT2D eigenvalue weighted by Crippen LogP contribution is 2.34. The van der Waals surface area contributed by atoms with Gasteiger partial charge in [0.15, 0.2) is 5.82 Å². The van der Waals surface area contributed by atoms with E-state index in [2.05, 4.69) is 20.6 Å². The molecule has 3 aromatic rings. The van der Waals surface area contributed by atoms with Gasteiger partial charge in [-0.15, -0.1) is 0 Å². The highest BCUT2D eigenvalue weighted by molar-refractivity contribution is 7.89. The minimum Gasteiger partial charge on any atom is -0.495 e. The first kappa shape index (κ1) is 28.9. The molecule has 0 aliphatic carbocycles. The number of halogens is 3. The van der Waals surface area contributed by atoms with Crippen LogP contribution in [0.25, 0.3) is 0 Å². The minimum absolute atomic E-state index is 0.0726. The van der Waals surface area contributed by atoms with E-state index in [0.29, 0.717) is 43.1 Å². The molecule has 9 nitrogen and oxygen atoms in total. The Kier molecular flexibility index (Phi) is 9.21. The first-order valence-corrected chi connectivity index (χ1v) is 14.1. The van der Waals surface area contributed by atoms with Gasteiger partial charge in [0.25, 0.3) is 0 Å². The van der Waals surface area contributed by atoms with Crippen molar-refractivity contribution in [1.82, 2.24) is 19.2 Å². The summed E-state index contributed by atoms with van der Waals surface area (Å²) in [7, 11) is 0.738. The zero-order valence-corrected chi connectivity index (χ0v) is 23.5. The summed E-state index contributed by atoms with van der Waals surface area (Å²) in [6.45, 7) is -0.350. The SMILES string of the molecule is COc1cc2c(cc1Nc1ncc(Cl)c(Nc3ccccc3S(=O)(=O)N(C)C)n1)CCN(C(CF)CF)CC2.